The Balaban J connectivity index is 2.27. The van der Waals surface area contributed by atoms with E-state index in [4.69, 9.17) is 4.74 Å². The van der Waals surface area contributed by atoms with E-state index < -0.39 is 23.6 Å². The first-order valence-electron chi connectivity index (χ1n) is 5.27. The van der Waals surface area contributed by atoms with E-state index in [1.807, 2.05) is 6.92 Å². The Bertz CT molecular complexity index is 478. The second-order valence-corrected chi connectivity index (χ2v) is 3.86. The number of hydrogen-bond acceptors (Lipinski definition) is 4. The molecular weight excluding hydrogens is 212 g/mol. The molecule has 2 heterocycles. The Morgan fingerprint density at radius 3 is 2.94 bits per heavy atom. The molecule has 0 amide bonds. The van der Waals surface area contributed by atoms with Crippen molar-refractivity contribution in [3.05, 3.63) is 33.1 Å². The van der Waals surface area contributed by atoms with Gasteiger partial charge < -0.3 is 9.84 Å². The highest BCUT2D eigenvalue weighted by atomic mass is 16.5. The fourth-order valence-corrected chi connectivity index (χ4v) is 1.91. The molecule has 0 spiro atoms. The minimum absolute atomic E-state index is 0.246. The first-order chi connectivity index (χ1) is 7.61. The maximum atomic E-state index is 11.5. The molecule has 1 unspecified atom stereocenters. The molecule has 2 N–H and O–H groups in total. The van der Waals surface area contributed by atoms with E-state index in [0.717, 1.165) is 0 Å². The van der Waals surface area contributed by atoms with Gasteiger partial charge in [-0.2, -0.15) is 0 Å². The van der Waals surface area contributed by atoms with Crippen LogP contribution in [0.25, 0.3) is 0 Å². The normalized spacial score (nSPS) is 29.5. The highest BCUT2D eigenvalue weighted by Gasteiger charge is 2.33. The van der Waals surface area contributed by atoms with Crippen LogP contribution in [0, 0.1) is 0 Å². The molecule has 6 heteroatoms. The fraction of sp³-hybridized carbons (Fsp3) is 0.600. The van der Waals surface area contributed by atoms with Crippen molar-refractivity contribution in [3.63, 3.8) is 0 Å². The summed E-state index contributed by atoms with van der Waals surface area (Å²) in [6, 6.07) is 1.26. The lowest BCUT2D eigenvalue weighted by Crippen LogP contribution is -2.31. The van der Waals surface area contributed by atoms with Crippen LogP contribution in [0.3, 0.4) is 0 Å². The van der Waals surface area contributed by atoms with Crippen molar-refractivity contribution >= 4 is 0 Å². The average molecular weight is 226 g/mol. The lowest BCUT2D eigenvalue weighted by atomic mass is 10.1. The number of aromatic nitrogens is 2. The quantitative estimate of drug-likeness (QED) is 0.718. The van der Waals surface area contributed by atoms with E-state index in [9.17, 15) is 14.7 Å². The molecule has 1 aromatic rings. The smallest absolute Gasteiger partial charge is 0.330 e. The van der Waals surface area contributed by atoms with Gasteiger partial charge in [-0.25, -0.2) is 4.79 Å². The van der Waals surface area contributed by atoms with Gasteiger partial charge in [0.05, 0.1) is 12.2 Å². The number of H-pyrrole nitrogens is 1. The lowest BCUT2D eigenvalue weighted by molar-refractivity contribution is -0.0217. The Morgan fingerprint density at radius 2 is 2.38 bits per heavy atom. The molecule has 1 aromatic heterocycles. The van der Waals surface area contributed by atoms with Gasteiger partial charge in [-0.3, -0.25) is 14.3 Å². The lowest BCUT2D eigenvalue weighted by Gasteiger charge is -2.14. The van der Waals surface area contributed by atoms with Gasteiger partial charge >= 0.3 is 5.69 Å². The molecule has 1 aliphatic heterocycles. The highest BCUT2D eigenvalue weighted by Crippen LogP contribution is 2.28. The Labute approximate surface area is 91.5 Å². The van der Waals surface area contributed by atoms with Gasteiger partial charge in [-0.15, -0.1) is 0 Å². The van der Waals surface area contributed by atoms with Gasteiger partial charge in [0.2, 0.25) is 0 Å². The molecule has 2 rings (SSSR count). The Morgan fingerprint density at radius 1 is 1.62 bits per heavy atom. The number of aliphatic hydroxyl groups is 1. The van der Waals surface area contributed by atoms with Crippen molar-refractivity contribution < 1.29 is 9.84 Å². The summed E-state index contributed by atoms with van der Waals surface area (Å²) in [7, 11) is 0. The first-order valence-corrected chi connectivity index (χ1v) is 5.27. The molecule has 1 saturated heterocycles. The number of aliphatic hydroxyl groups excluding tert-OH is 1. The minimum atomic E-state index is -0.561. The van der Waals surface area contributed by atoms with E-state index in [2.05, 4.69) is 4.98 Å². The third kappa shape index (κ3) is 1.94. The van der Waals surface area contributed by atoms with Crippen LogP contribution >= 0.6 is 0 Å². The Hall–Kier alpha value is -1.40. The Kier molecular flexibility index (Phi) is 2.93. The van der Waals surface area contributed by atoms with Crippen LogP contribution in [0.1, 0.15) is 26.0 Å². The standard InChI is InChI=1S/C10H14N2O4/c1-2-7-6(13)5-9(16-7)12-4-3-8(14)11-10(12)15/h3-4,6-7,9,13H,2,5H2,1H3,(H,11,14,15)/t6?,7-,9-/m0/s1. The predicted octanol–water partition coefficient (Wildman–Crippen LogP) is -0.405. The molecule has 3 atom stereocenters. The predicted molar refractivity (Wildman–Crippen MR) is 56.1 cm³/mol. The maximum Gasteiger partial charge on any atom is 0.330 e. The SMILES string of the molecule is CC[C@@H]1O[C@H](n2ccc(=O)[nH]c2=O)CC1O. The van der Waals surface area contributed by atoms with Gasteiger partial charge in [0.15, 0.2) is 0 Å². The summed E-state index contributed by atoms with van der Waals surface area (Å²) in [5.41, 5.74) is -0.951. The zero-order valence-electron chi connectivity index (χ0n) is 8.92. The van der Waals surface area contributed by atoms with Crippen LogP contribution in [0.5, 0.6) is 0 Å². The highest BCUT2D eigenvalue weighted by molar-refractivity contribution is 4.87. The van der Waals surface area contributed by atoms with Gasteiger partial charge in [0.1, 0.15) is 6.23 Å². The van der Waals surface area contributed by atoms with E-state index in [-0.39, 0.29) is 6.10 Å². The monoisotopic (exact) mass is 226 g/mol. The van der Waals surface area contributed by atoms with Gasteiger partial charge in [0.25, 0.3) is 5.56 Å². The fourth-order valence-electron chi connectivity index (χ4n) is 1.91. The molecule has 0 aliphatic carbocycles. The number of rotatable bonds is 2. The second kappa shape index (κ2) is 4.23. The zero-order chi connectivity index (χ0) is 11.7. The number of ether oxygens (including phenoxy) is 1. The summed E-state index contributed by atoms with van der Waals surface area (Å²) in [6.45, 7) is 1.91. The van der Waals surface area contributed by atoms with Crippen molar-refractivity contribution in [3.8, 4) is 0 Å². The second-order valence-electron chi connectivity index (χ2n) is 3.86. The summed E-state index contributed by atoms with van der Waals surface area (Å²) in [6.07, 6.45) is 1.14. The molecule has 6 nitrogen and oxygen atoms in total. The number of hydrogen-bond donors (Lipinski definition) is 2. The first kappa shape index (κ1) is 11.1. The van der Waals surface area contributed by atoms with Crippen LogP contribution in [0.4, 0.5) is 0 Å². The molecule has 1 fully saturated rings. The van der Waals surface area contributed by atoms with E-state index in [1.165, 1.54) is 16.8 Å². The third-order valence-corrected chi connectivity index (χ3v) is 2.77. The maximum absolute atomic E-state index is 11.5. The van der Waals surface area contributed by atoms with Crippen LogP contribution in [-0.2, 0) is 4.74 Å². The van der Waals surface area contributed by atoms with Crippen molar-refractivity contribution in [1.82, 2.24) is 9.55 Å². The van der Waals surface area contributed by atoms with Crippen molar-refractivity contribution in [2.75, 3.05) is 0 Å². The van der Waals surface area contributed by atoms with Crippen LogP contribution in [0.15, 0.2) is 21.9 Å². The van der Waals surface area contributed by atoms with Crippen molar-refractivity contribution in [2.45, 2.75) is 38.2 Å². The minimum Gasteiger partial charge on any atom is -0.390 e. The van der Waals surface area contributed by atoms with Gasteiger partial charge in [-0.05, 0) is 6.42 Å². The van der Waals surface area contributed by atoms with Crippen LogP contribution in [-0.4, -0.2) is 26.9 Å². The number of nitrogens with zero attached hydrogens (tertiary/aromatic N) is 1. The van der Waals surface area contributed by atoms with Gasteiger partial charge in [0, 0.05) is 18.7 Å². The van der Waals surface area contributed by atoms with E-state index in [0.29, 0.717) is 12.8 Å². The molecule has 0 radical (unpaired) electrons. The molecule has 16 heavy (non-hydrogen) atoms. The average Bonchev–Trinajstić information content (AvgIpc) is 2.59. The topological polar surface area (TPSA) is 84.3 Å². The summed E-state index contributed by atoms with van der Waals surface area (Å²) >= 11 is 0. The van der Waals surface area contributed by atoms with Crippen LogP contribution < -0.4 is 11.2 Å². The third-order valence-electron chi connectivity index (χ3n) is 2.77. The largest absolute Gasteiger partial charge is 0.390 e. The van der Waals surface area contributed by atoms with Crippen LogP contribution in [0.2, 0.25) is 0 Å². The molecule has 1 aliphatic rings. The van der Waals surface area contributed by atoms with E-state index >= 15 is 0 Å². The zero-order valence-corrected chi connectivity index (χ0v) is 8.92. The molecule has 0 saturated carbocycles. The summed E-state index contributed by atoms with van der Waals surface area (Å²) in [4.78, 5) is 24.5. The molecular formula is C10H14N2O4. The van der Waals surface area contributed by atoms with Crippen molar-refractivity contribution in [1.29, 1.82) is 0 Å². The van der Waals surface area contributed by atoms with Gasteiger partial charge in [-0.1, -0.05) is 6.92 Å². The summed E-state index contributed by atoms with van der Waals surface area (Å²) in [5, 5.41) is 9.65. The molecule has 0 aromatic carbocycles. The summed E-state index contributed by atoms with van der Waals surface area (Å²) in [5.74, 6) is 0. The van der Waals surface area contributed by atoms with Crippen molar-refractivity contribution in [2.24, 2.45) is 0 Å². The molecule has 88 valence electrons. The number of aromatic amines is 1. The number of nitrogens with one attached hydrogen (secondary N) is 1. The van der Waals surface area contributed by atoms with E-state index in [1.54, 1.807) is 0 Å². The molecule has 0 bridgehead atoms. The summed E-state index contributed by atoms with van der Waals surface area (Å²) < 4.78 is 6.81.